The molecule has 202 valence electrons. The molecule has 0 aliphatic rings. The Bertz CT molecular complexity index is 1740. The Hall–Kier alpha value is -4.30. The van der Waals surface area contributed by atoms with E-state index in [0.717, 1.165) is 0 Å². The zero-order valence-electron chi connectivity index (χ0n) is 22.1. The molecule has 0 unspecified atom stereocenters. The first-order valence-electron chi connectivity index (χ1n) is 12.2. The second-order valence-electron chi connectivity index (χ2n) is 10.1. The summed E-state index contributed by atoms with van der Waals surface area (Å²) >= 11 is 0. The Labute approximate surface area is 226 Å². The van der Waals surface area contributed by atoms with Crippen molar-refractivity contribution < 1.29 is 18.8 Å². The van der Waals surface area contributed by atoms with Crippen molar-refractivity contribution in [3.05, 3.63) is 98.9 Å². The van der Waals surface area contributed by atoms with Gasteiger partial charge in [-0.3, -0.25) is 4.79 Å². The lowest BCUT2D eigenvalue weighted by atomic mass is 9.97. The van der Waals surface area contributed by atoms with Crippen molar-refractivity contribution in [1.82, 2.24) is 14.7 Å². The Kier molecular flexibility index (Phi) is 7.19. The van der Waals surface area contributed by atoms with Gasteiger partial charge < -0.3 is 18.9 Å². The van der Waals surface area contributed by atoms with Crippen molar-refractivity contribution in [3.8, 4) is 28.6 Å². The van der Waals surface area contributed by atoms with Gasteiger partial charge in [0.15, 0.2) is 11.2 Å². The summed E-state index contributed by atoms with van der Waals surface area (Å²) in [4.78, 5) is 17.5. The van der Waals surface area contributed by atoms with Crippen molar-refractivity contribution in [2.45, 2.75) is 54.6 Å². The molecule has 5 rings (SSSR count). The van der Waals surface area contributed by atoms with Crippen molar-refractivity contribution in [3.63, 3.8) is 0 Å². The highest BCUT2D eigenvalue weighted by atomic mass is 19.1. The Morgan fingerprint density at radius 1 is 0.974 bits per heavy atom. The maximum atomic E-state index is 14.0. The molecule has 2 aromatic heterocycles. The first-order chi connectivity index (χ1) is 17.9. The number of ether oxygens (including phenoxy) is 1. The highest BCUT2D eigenvalue weighted by Gasteiger charge is 2.21. The van der Waals surface area contributed by atoms with Crippen molar-refractivity contribution in [1.29, 1.82) is 0 Å². The number of hydrogen-bond acceptors (Lipinski definition) is 6. The van der Waals surface area contributed by atoms with E-state index in [-0.39, 0.29) is 18.7 Å². The normalized spacial score (nSPS) is 11.5. The van der Waals surface area contributed by atoms with E-state index in [1.165, 1.54) is 12.1 Å². The lowest BCUT2D eigenvalue weighted by molar-refractivity contribution is 0.0785. The van der Waals surface area contributed by atoms with Gasteiger partial charge in [-0.25, -0.2) is 4.39 Å². The average Bonchev–Trinajstić information content (AvgIpc) is 3.29. The van der Waals surface area contributed by atoms with Gasteiger partial charge in [0.2, 0.25) is 11.7 Å². The summed E-state index contributed by atoms with van der Waals surface area (Å²) in [6.07, 6.45) is 1.75. The Balaban J connectivity index is 0.00000353. The minimum Gasteiger partial charge on any atom is -0.455 e. The molecule has 0 amide bonds. The predicted octanol–water partition coefficient (Wildman–Crippen LogP) is 7.07. The van der Waals surface area contributed by atoms with Crippen LogP contribution in [-0.2, 0) is 5.60 Å². The van der Waals surface area contributed by atoms with Crippen LogP contribution in [0.1, 0.15) is 49.4 Å². The highest BCUT2D eigenvalue weighted by Crippen LogP contribution is 2.37. The lowest BCUT2D eigenvalue weighted by Gasteiger charge is -2.23. The molecule has 0 aliphatic heterocycles. The number of aromatic nitrogens is 3. The number of aryl methyl sites for hydroxylation is 4. The molecule has 0 atom stereocenters. The maximum Gasteiger partial charge on any atom is 0.223 e. The summed E-state index contributed by atoms with van der Waals surface area (Å²) in [7, 11) is 0. The van der Waals surface area contributed by atoms with E-state index < -0.39 is 5.60 Å². The van der Waals surface area contributed by atoms with Crippen LogP contribution in [0.4, 0.5) is 4.39 Å². The van der Waals surface area contributed by atoms with Crippen LogP contribution >= 0.6 is 0 Å². The number of pyridine rings is 1. The second kappa shape index (κ2) is 10.1. The molecule has 0 spiro atoms. The largest absolute Gasteiger partial charge is 0.455 e. The molecule has 0 radical (unpaired) electrons. The van der Waals surface area contributed by atoms with Gasteiger partial charge in [-0.05, 0) is 93.8 Å². The quantitative estimate of drug-likeness (QED) is 0.262. The van der Waals surface area contributed by atoms with Gasteiger partial charge >= 0.3 is 0 Å². The minimum absolute atomic E-state index is 0. The van der Waals surface area contributed by atoms with Crippen molar-refractivity contribution in [2.75, 3.05) is 0 Å². The van der Waals surface area contributed by atoms with Gasteiger partial charge in [-0.2, -0.15) is 4.98 Å². The highest BCUT2D eigenvalue weighted by molar-refractivity contribution is 5.86. The molecular weight excluding hydrogens is 497 g/mol. The van der Waals surface area contributed by atoms with Gasteiger partial charge in [0.1, 0.15) is 11.6 Å². The standard InChI is InChI=1S/C30H28FN3O4.CH4/c1-16-11-22(31)12-17(2)28(16)37-26-10-8-21(30(5,6)36)14-25(26)34-15-18(3)27(35)23-13-20(7-9-24(23)34)29-32-19(4)38-33-29;/h7-15,36H,1-6H3;1H4. The van der Waals surface area contributed by atoms with Crippen LogP contribution in [0, 0.1) is 33.5 Å². The van der Waals surface area contributed by atoms with Crippen LogP contribution in [-0.4, -0.2) is 19.8 Å². The van der Waals surface area contributed by atoms with E-state index >= 15 is 0 Å². The summed E-state index contributed by atoms with van der Waals surface area (Å²) in [6, 6.07) is 13.7. The van der Waals surface area contributed by atoms with Crippen LogP contribution in [0.15, 0.2) is 64.0 Å². The number of benzene rings is 3. The maximum absolute atomic E-state index is 14.0. The number of fused-ring (bicyclic) bond motifs is 1. The number of aliphatic hydroxyl groups is 1. The van der Waals surface area contributed by atoms with E-state index in [1.54, 1.807) is 65.9 Å². The molecular formula is C31H32FN3O4. The van der Waals surface area contributed by atoms with Crippen LogP contribution in [0.25, 0.3) is 28.0 Å². The predicted molar refractivity (Wildman–Crippen MR) is 150 cm³/mol. The third kappa shape index (κ3) is 5.20. The molecule has 5 aromatic rings. The number of rotatable bonds is 5. The molecule has 39 heavy (non-hydrogen) atoms. The SMILES string of the molecule is C.Cc1nc(-c2ccc3c(c2)c(=O)c(C)cn3-c2cc(C(C)(C)O)ccc2Oc2c(C)cc(F)cc2C)no1. The monoisotopic (exact) mass is 529 g/mol. The molecule has 0 aliphatic carbocycles. The smallest absolute Gasteiger partial charge is 0.223 e. The molecule has 8 heteroatoms. The zero-order chi connectivity index (χ0) is 27.4. The minimum atomic E-state index is -1.12. The fourth-order valence-corrected chi connectivity index (χ4v) is 4.56. The molecule has 0 saturated heterocycles. The number of nitrogens with zero attached hydrogens (tertiary/aromatic N) is 3. The van der Waals surface area contributed by atoms with E-state index in [2.05, 4.69) is 10.1 Å². The third-order valence-electron chi connectivity index (χ3n) is 6.53. The van der Waals surface area contributed by atoms with E-state index in [0.29, 0.717) is 67.6 Å². The topological polar surface area (TPSA) is 90.4 Å². The molecule has 7 nitrogen and oxygen atoms in total. The summed E-state index contributed by atoms with van der Waals surface area (Å²) < 4.78 is 27.3. The molecule has 1 N–H and O–H groups in total. The van der Waals surface area contributed by atoms with Crippen molar-refractivity contribution in [2.24, 2.45) is 0 Å². The van der Waals surface area contributed by atoms with E-state index in [9.17, 15) is 14.3 Å². The number of halogens is 1. The molecule has 0 saturated carbocycles. The van der Waals surface area contributed by atoms with Gasteiger partial charge in [0.05, 0.1) is 16.8 Å². The molecule has 2 heterocycles. The first kappa shape index (κ1) is 27.7. The fourth-order valence-electron chi connectivity index (χ4n) is 4.56. The van der Waals surface area contributed by atoms with Crippen LogP contribution in [0.5, 0.6) is 11.5 Å². The van der Waals surface area contributed by atoms with Crippen LogP contribution in [0.3, 0.4) is 0 Å². The van der Waals surface area contributed by atoms with Gasteiger partial charge in [-0.1, -0.05) is 18.6 Å². The van der Waals surface area contributed by atoms with Gasteiger partial charge in [0.25, 0.3) is 0 Å². The second-order valence-corrected chi connectivity index (χ2v) is 10.1. The summed E-state index contributed by atoms with van der Waals surface area (Å²) in [5.74, 6) is 1.52. The zero-order valence-corrected chi connectivity index (χ0v) is 22.1. The first-order valence-corrected chi connectivity index (χ1v) is 12.2. The number of hydrogen-bond donors (Lipinski definition) is 1. The fraction of sp³-hybridized carbons (Fsp3) is 0.258. The summed E-state index contributed by atoms with van der Waals surface area (Å²) in [6.45, 7) is 10.4. The van der Waals surface area contributed by atoms with Gasteiger partial charge in [-0.15, -0.1) is 0 Å². The van der Waals surface area contributed by atoms with Crippen LogP contribution < -0.4 is 10.2 Å². The van der Waals surface area contributed by atoms with E-state index in [1.807, 2.05) is 22.8 Å². The lowest BCUT2D eigenvalue weighted by Crippen LogP contribution is -2.17. The molecule has 0 bridgehead atoms. The van der Waals surface area contributed by atoms with Crippen LogP contribution in [0.2, 0.25) is 0 Å². The Morgan fingerprint density at radius 3 is 2.28 bits per heavy atom. The molecule has 3 aromatic carbocycles. The molecule has 0 fully saturated rings. The third-order valence-corrected chi connectivity index (χ3v) is 6.53. The van der Waals surface area contributed by atoms with E-state index in [4.69, 9.17) is 9.26 Å². The summed E-state index contributed by atoms with van der Waals surface area (Å²) in [5.41, 5.74) is 3.15. The average molecular weight is 530 g/mol. The van der Waals surface area contributed by atoms with Crippen molar-refractivity contribution >= 4 is 10.9 Å². The van der Waals surface area contributed by atoms with Gasteiger partial charge in [0, 0.05) is 29.6 Å². The Morgan fingerprint density at radius 2 is 1.67 bits per heavy atom. The summed E-state index contributed by atoms with van der Waals surface area (Å²) in [5, 5.41) is 15.2.